The Balaban J connectivity index is 2.32. The van der Waals surface area contributed by atoms with Crippen LogP contribution in [0.15, 0.2) is 23.1 Å². The molecule has 2 atom stereocenters. The highest BCUT2D eigenvalue weighted by molar-refractivity contribution is 7.90. The van der Waals surface area contributed by atoms with Crippen LogP contribution < -0.4 is 10.6 Å². The molecule has 0 saturated carbocycles. The minimum Gasteiger partial charge on any atom is -0.366 e. The number of sulfone groups is 1. The van der Waals surface area contributed by atoms with Crippen molar-refractivity contribution < 1.29 is 12.8 Å². The highest BCUT2D eigenvalue weighted by Crippen LogP contribution is 2.31. The third-order valence-electron chi connectivity index (χ3n) is 3.65. The molecular formula is C13H19FN2O2S. The Kier molecular flexibility index (Phi) is 3.82. The van der Waals surface area contributed by atoms with E-state index in [0.717, 1.165) is 18.7 Å². The van der Waals surface area contributed by atoms with Crippen molar-refractivity contribution in [3.63, 3.8) is 0 Å². The maximum Gasteiger partial charge on any atom is 0.175 e. The van der Waals surface area contributed by atoms with Gasteiger partial charge in [0.2, 0.25) is 0 Å². The summed E-state index contributed by atoms with van der Waals surface area (Å²) in [5.41, 5.74) is 6.11. The molecule has 4 nitrogen and oxygen atoms in total. The molecule has 1 aliphatic heterocycles. The van der Waals surface area contributed by atoms with E-state index in [4.69, 9.17) is 5.73 Å². The van der Waals surface area contributed by atoms with E-state index in [1.807, 2.05) is 11.8 Å². The SMILES string of the molecule is CC1CC(CN)CN1c1ccc(S(C)(=O)=O)cc1F. The van der Waals surface area contributed by atoms with Crippen LogP contribution in [0.25, 0.3) is 0 Å². The first-order valence-electron chi connectivity index (χ1n) is 6.29. The molecule has 0 aromatic heterocycles. The molecule has 6 heteroatoms. The first kappa shape index (κ1) is 14.3. The van der Waals surface area contributed by atoms with E-state index in [0.29, 0.717) is 24.7 Å². The summed E-state index contributed by atoms with van der Waals surface area (Å²) in [5, 5.41) is 0. The Morgan fingerprint density at radius 1 is 1.47 bits per heavy atom. The summed E-state index contributed by atoms with van der Waals surface area (Å²) in [4.78, 5) is 1.97. The maximum absolute atomic E-state index is 14.1. The molecule has 1 fully saturated rings. The first-order chi connectivity index (χ1) is 8.82. The van der Waals surface area contributed by atoms with Gasteiger partial charge in [0.1, 0.15) is 5.82 Å². The van der Waals surface area contributed by atoms with E-state index in [1.165, 1.54) is 6.07 Å². The molecule has 2 rings (SSSR count). The van der Waals surface area contributed by atoms with Crippen LogP contribution in [0, 0.1) is 11.7 Å². The van der Waals surface area contributed by atoms with E-state index in [1.54, 1.807) is 6.07 Å². The molecule has 19 heavy (non-hydrogen) atoms. The van der Waals surface area contributed by atoms with Gasteiger partial charge in [-0.1, -0.05) is 0 Å². The van der Waals surface area contributed by atoms with E-state index >= 15 is 0 Å². The van der Waals surface area contributed by atoms with Gasteiger partial charge in [-0.05, 0) is 44.0 Å². The monoisotopic (exact) mass is 286 g/mol. The molecule has 2 N–H and O–H groups in total. The normalized spacial score (nSPS) is 23.9. The van der Waals surface area contributed by atoms with Crippen molar-refractivity contribution in [3.8, 4) is 0 Å². The van der Waals surface area contributed by atoms with Gasteiger partial charge in [-0.2, -0.15) is 0 Å². The number of hydrogen-bond donors (Lipinski definition) is 1. The van der Waals surface area contributed by atoms with Gasteiger partial charge in [-0.25, -0.2) is 12.8 Å². The van der Waals surface area contributed by atoms with Crippen molar-refractivity contribution >= 4 is 15.5 Å². The van der Waals surface area contributed by atoms with Crippen LogP contribution in [0.2, 0.25) is 0 Å². The molecule has 1 aromatic carbocycles. The fourth-order valence-electron chi connectivity index (χ4n) is 2.60. The predicted octanol–water partition coefficient (Wildman–Crippen LogP) is 1.40. The lowest BCUT2D eigenvalue weighted by Gasteiger charge is -2.24. The highest BCUT2D eigenvalue weighted by atomic mass is 32.2. The van der Waals surface area contributed by atoms with E-state index in [-0.39, 0.29) is 10.9 Å². The Morgan fingerprint density at radius 3 is 2.63 bits per heavy atom. The standard InChI is InChI=1S/C13H19FN2O2S/c1-9-5-10(7-15)8-16(9)13-4-3-11(6-12(13)14)19(2,17)18/h3-4,6,9-10H,5,7-8,15H2,1-2H3. The smallest absolute Gasteiger partial charge is 0.175 e. The average molecular weight is 286 g/mol. The zero-order chi connectivity index (χ0) is 14.2. The summed E-state index contributed by atoms with van der Waals surface area (Å²) in [5.74, 6) is -0.128. The minimum absolute atomic E-state index is 0.0102. The quantitative estimate of drug-likeness (QED) is 0.912. The van der Waals surface area contributed by atoms with Crippen molar-refractivity contribution in [1.29, 1.82) is 0 Å². The summed E-state index contributed by atoms with van der Waals surface area (Å²) in [6, 6.07) is 4.30. The number of hydrogen-bond acceptors (Lipinski definition) is 4. The van der Waals surface area contributed by atoms with Crippen molar-refractivity contribution in [2.24, 2.45) is 11.7 Å². The first-order valence-corrected chi connectivity index (χ1v) is 8.18. The van der Waals surface area contributed by atoms with Gasteiger partial charge in [0.15, 0.2) is 9.84 Å². The summed E-state index contributed by atoms with van der Waals surface area (Å²) < 4.78 is 36.9. The lowest BCUT2D eigenvalue weighted by molar-refractivity contribution is 0.579. The van der Waals surface area contributed by atoms with E-state index in [9.17, 15) is 12.8 Å². The fraction of sp³-hybridized carbons (Fsp3) is 0.538. The van der Waals surface area contributed by atoms with Crippen LogP contribution in [0.3, 0.4) is 0 Å². The van der Waals surface area contributed by atoms with Crippen LogP contribution in [-0.2, 0) is 9.84 Å². The number of halogens is 1. The van der Waals surface area contributed by atoms with Gasteiger partial charge >= 0.3 is 0 Å². The minimum atomic E-state index is -3.37. The second kappa shape index (κ2) is 5.09. The molecule has 0 aliphatic carbocycles. The van der Waals surface area contributed by atoms with E-state index < -0.39 is 15.7 Å². The molecule has 106 valence electrons. The number of anilines is 1. The molecule has 1 aliphatic rings. The second-order valence-corrected chi connectivity index (χ2v) is 7.24. The van der Waals surface area contributed by atoms with Crippen LogP contribution in [0.5, 0.6) is 0 Å². The summed E-state index contributed by atoms with van der Waals surface area (Å²) in [6.45, 7) is 3.33. The van der Waals surface area contributed by atoms with Crippen molar-refractivity contribution in [1.82, 2.24) is 0 Å². The second-order valence-electron chi connectivity index (χ2n) is 5.22. The van der Waals surface area contributed by atoms with Gasteiger partial charge in [0.25, 0.3) is 0 Å². The van der Waals surface area contributed by atoms with Crippen molar-refractivity contribution in [2.45, 2.75) is 24.3 Å². The lowest BCUT2D eigenvalue weighted by atomic mass is 10.1. The molecule has 0 bridgehead atoms. The number of nitrogens with zero attached hydrogens (tertiary/aromatic N) is 1. The summed E-state index contributed by atoms with van der Waals surface area (Å²) in [6.07, 6.45) is 2.01. The zero-order valence-corrected chi connectivity index (χ0v) is 12.0. The van der Waals surface area contributed by atoms with Crippen molar-refractivity contribution in [3.05, 3.63) is 24.0 Å². The van der Waals surface area contributed by atoms with Crippen LogP contribution >= 0.6 is 0 Å². The zero-order valence-electron chi connectivity index (χ0n) is 11.1. The Morgan fingerprint density at radius 2 is 2.16 bits per heavy atom. The van der Waals surface area contributed by atoms with Gasteiger partial charge in [0, 0.05) is 18.8 Å². The number of nitrogens with two attached hydrogens (primary N) is 1. The van der Waals surface area contributed by atoms with Crippen molar-refractivity contribution in [2.75, 3.05) is 24.2 Å². The lowest BCUT2D eigenvalue weighted by Crippen LogP contribution is -2.28. The van der Waals surface area contributed by atoms with Crippen LogP contribution in [0.4, 0.5) is 10.1 Å². The topological polar surface area (TPSA) is 63.4 Å². The Hall–Kier alpha value is -1.14. The van der Waals surface area contributed by atoms with Gasteiger partial charge in [0.05, 0.1) is 10.6 Å². The average Bonchev–Trinajstić information content (AvgIpc) is 2.69. The van der Waals surface area contributed by atoms with E-state index in [2.05, 4.69) is 0 Å². The summed E-state index contributed by atoms with van der Waals surface area (Å²) >= 11 is 0. The maximum atomic E-state index is 14.1. The molecule has 1 aromatic rings. The molecule has 0 radical (unpaired) electrons. The number of benzene rings is 1. The third kappa shape index (κ3) is 2.90. The highest BCUT2D eigenvalue weighted by Gasteiger charge is 2.30. The molecule has 2 unspecified atom stereocenters. The molecule has 1 saturated heterocycles. The van der Waals surface area contributed by atoms with Crippen LogP contribution in [-0.4, -0.2) is 33.8 Å². The van der Waals surface area contributed by atoms with Gasteiger partial charge < -0.3 is 10.6 Å². The van der Waals surface area contributed by atoms with Gasteiger partial charge in [-0.3, -0.25) is 0 Å². The Labute approximate surface area is 113 Å². The van der Waals surface area contributed by atoms with Gasteiger partial charge in [-0.15, -0.1) is 0 Å². The largest absolute Gasteiger partial charge is 0.366 e. The third-order valence-corrected chi connectivity index (χ3v) is 4.76. The molecule has 0 amide bonds. The fourth-order valence-corrected chi connectivity index (χ4v) is 3.23. The summed E-state index contributed by atoms with van der Waals surface area (Å²) in [7, 11) is -3.37. The van der Waals surface area contributed by atoms with Crippen LogP contribution in [0.1, 0.15) is 13.3 Å². The molecule has 0 spiro atoms. The predicted molar refractivity (Wildman–Crippen MR) is 73.5 cm³/mol. The number of rotatable bonds is 3. The molecular weight excluding hydrogens is 267 g/mol. The Bertz CT molecular complexity index is 574. The molecule has 1 heterocycles.